The SMILES string of the molecule is CC.CC.CC.Cc1ccc(N(c2ccc(C)cc2)c2ccc(N(c3cccc(C)c3)c3cccc(C)c3)cc2)cc1. The van der Waals surface area contributed by atoms with E-state index in [4.69, 9.17) is 0 Å². The van der Waals surface area contributed by atoms with Crippen LogP contribution in [0.5, 0.6) is 0 Å². The Bertz CT molecular complexity index is 1360. The third-order valence-electron chi connectivity index (χ3n) is 6.47. The van der Waals surface area contributed by atoms with Crippen LogP contribution in [0, 0.1) is 27.7 Å². The summed E-state index contributed by atoms with van der Waals surface area (Å²) in [4.78, 5) is 4.64. The first-order chi connectivity index (χ1) is 20.5. The van der Waals surface area contributed by atoms with E-state index in [1.54, 1.807) is 0 Å². The topological polar surface area (TPSA) is 6.48 Å². The maximum Gasteiger partial charge on any atom is 0.0464 e. The summed E-state index contributed by atoms with van der Waals surface area (Å²) in [6.07, 6.45) is 0. The summed E-state index contributed by atoms with van der Waals surface area (Å²) in [5.74, 6) is 0. The van der Waals surface area contributed by atoms with Crippen LogP contribution in [0.1, 0.15) is 63.8 Å². The molecular formula is C40H50N2. The normalized spacial score (nSPS) is 9.67. The average Bonchev–Trinajstić information content (AvgIpc) is 3.03. The lowest BCUT2D eigenvalue weighted by Crippen LogP contribution is -2.12. The summed E-state index contributed by atoms with van der Waals surface area (Å²) < 4.78 is 0. The number of aryl methyl sites for hydroxylation is 4. The van der Waals surface area contributed by atoms with E-state index in [9.17, 15) is 0 Å². The van der Waals surface area contributed by atoms with Gasteiger partial charge in [0.05, 0.1) is 0 Å². The molecule has 2 nitrogen and oxygen atoms in total. The first kappa shape index (κ1) is 33.9. The number of anilines is 6. The van der Waals surface area contributed by atoms with E-state index in [1.165, 1.54) is 22.3 Å². The fourth-order valence-corrected chi connectivity index (χ4v) is 4.57. The molecule has 0 aliphatic heterocycles. The molecule has 220 valence electrons. The molecule has 0 bridgehead atoms. The van der Waals surface area contributed by atoms with Gasteiger partial charge in [-0.05, 0) is 112 Å². The van der Waals surface area contributed by atoms with Crippen molar-refractivity contribution < 1.29 is 0 Å². The van der Waals surface area contributed by atoms with E-state index in [-0.39, 0.29) is 0 Å². The molecule has 42 heavy (non-hydrogen) atoms. The molecule has 5 aromatic rings. The summed E-state index contributed by atoms with van der Waals surface area (Å²) in [5.41, 5.74) is 11.8. The highest BCUT2D eigenvalue weighted by atomic mass is 15.2. The van der Waals surface area contributed by atoms with E-state index >= 15 is 0 Å². The zero-order chi connectivity index (χ0) is 31.1. The third kappa shape index (κ3) is 8.85. The molecule has 2 heteroatoms. The van der Waals surface area contributed by atoms with Gasteiger partial charge < -0.3 is 9.80 Å². The van der Waals surface area contributed by atoms with E-state index in [2.05, 4.69) is 159 Å². The van der Waals surface area contributed by atoms with Gasteiger partial charge in [-0.25, -0.2) is 0 Å². The van der Waals surface area contributed by atoms with Crippen LogP contribution in [0.15, 0.2) is 121 Å². The molecule has 0 saturated heterocycles. The monoisotopic (exact) mass is 558 g/mol. The van der Waals surface area contributed by atoms with Crippen LogP contribution in [0.4, 0.5) is 34.1 Å². The first-order valence-electron chi connectivity index (χ1n) is 15.4. The van der Waals surface area contributed by atoms with E-state index in [0.29, 0.717) is 0 Å². The molecule has 0 spiro atoms. The van der Waals surface area contributed by atoms with Crippen molar-refractivity contribution in [1.82, 2.24) is 0 Å². The van der Waals surface area contributed by atoms with Crippen molar-refractivity contribution in [3.05, 3.63) is 144 Å². The Morgan fingerprint density at radius 3 is 0.833 bits per heavy atom. The fourth-order valence-electron chi connectivity index (χ4n) is 4.57. The Kier molecular flexibility index (Phi) is 14.1. The van der Waals surface area contributed by atoms with Crippen molar-refractivity contribution in [3.63, 3.8) is 0 Å². The second kappa shape index (κ2) is 17.5. The van der Waals surface area contributed by atoms with Gasteiger partial charge in [0.15, 0.2) is 0 Å². The fraction of sp³-hybridized carbons (Fsp3) is 0.250. The van der Waals surface area contributed by atoms with Gasteiger partial charge in [0.2, 0.25) is 0 Å². The molecule has 0 amide bonds. The zero-order valence-electron chi connectivity index (χ0n) is 27.4. The molecule has 0 aromatic heterocycles. The highest BCUT2D eigenvalue weighted by Crippen LogP contribution is 2.39. The van der Waals surface area contributed by atoms with Crippen molar-refractivity contribution in [1.29, 1.82) is 0 Å². The second-order valence-corrected chi connectivity index (χ2v) is 9.54. The number of benzene rings is 5. The maximum absolute atomic E-state index is 2.33. The van der Waals surface area contributed by atoms with Crippen molar-refractivity contribution in [3.8, 4) is 0 Å². The predicted octanol–water partition coefficient (Wildman–Crippen LogP) is 12.9. The van der Waals surface area contributed by atoms with Gasteiger partial charge in [0.1, 0.15) is 0 Å². The Hall–Kier alpha value is -4.30. The van der Waals surface area contributed by atoms with Crippen LogP contribution >= 0.6 is 0 Å². The molecule has 0 radical (unpaired) electrons. The standard InChI is InChI=1S/C34H32N2.3C2H6/c1-25-11-15-29(16-12-25)35(30-17-13-26(2)14-18-30)31-19-21-32(22-20-31)36(33-9-5-7-27(3)23-33)34-10-6-8-28(4)24-34;3*1-2/h5-24H,1-4H3;3*1-2H3. The molecule has 0 N–H and O–H groups in total. The van der Waals surface area contributed by atoms with Crippen LogP contribution in [0.3, 0.4) is 0 Å². The molecule has 0 atom stereocenters. The van der Waals surface area contributed by atoms with Crippen molar-refractivity contribution in [2.75, 3.05) is 9.80 Å². The Balaban J connectivity index is 0.000000966. The largest absolute Gasteiger partial charge is 0.311 e. The summed E-state index contributed by atoms with van der Waals surface area (Å²) in [5, 5.41) is 0. The Labute approximate surface area is 256 Å². The summed E-state index contributed by atoms with van der Waals surface area (Å²) >= 11 is 0. The van der Waals surface area contributed by atoms with E-state index in [0.717, 1.165) is 34.1 Å². The highest BCUT2D eigenvalue weighted by molar-refractivity contribution is 5.81. The summed E-state index contributed by atoms with van der Waals surface area (Å²) in [7, 11) is 0. The predicted molar refractivity (Wildman–Crippen MR) is 189 cm³/mol. The van der Waals surface area contributed by atoms with Crippen LogP contribution in [0.2, 0.25) is 0 Å². The number of hydrogen-bond acceptors (Lipinski definition) is 2. The third-order valence-corrected chi connectivity index (χ3v) is 6.47. The van der Waals surface area contributed by atoms with Gasteiger partial charge in [-0.1, -0.05) is 101 Å². The minimum absolute atomic E-state index is 1.12. The van der Waals surface area contributed by atoms with Crippen molar-refractivity contribution >= 4 is 34.1 Å². The second-order valence-electron chi connectivity index (χ2n) is 9.54. The zero-order valence-corrected chi connectivity index (χ0v) is 27.4. The smallest absolute Gasteiger partial charge is 0.0464 e. The van der Waals surface area contributed by atoms with Crippen LogP contribution < -0.4 is 9.80 Å². The average molecular weight is 559 g/mol. The van der Waals surface area contributed by atoms with Gasteiger partial charge in [-0.15, -0.1) is 0 Å². The van der Waals surface area contributed by atoms with Crippen LogP contribution in [-0.4, -0.2) is 0 Å². The molecule has 0 unspecified atom stereocenters. The van der Waals surface area contributed by atoms with Crippen LogP contribution in [-0.2, 0) is 0 Å². The van der Waals surface area contributed by atoms with Crippen LogP contribution in [0.25, 0.3) is 0 Å². The molecule has 0 heterocycles. The molecular weight excluding hydrogens is 508 g/mol. The van der Waals surface area contributed by atoms with Gasteiger partial charge in [-0.2, -0.15) is 0 Å². The van der Waals surface area contributed by atoms with E-state index in [1.807, 2.05) is 41.5 Å². The van der Waals surface area contributed by atoms with Gasteiger partial charge >= 0.3 is 0 Å². The number of nitrogens with zero attached hydrogens (tertiary/aromatic N) is 2. The Morgan fingerprint density at radius 2 is 0.548 bits per heavy atom. The Morgan fingerprint density at radius 1 is 0.286 bits per heavy atom. The summed E-state index contributed by atoms with van der Waals surface area (Å²) in [6.45, 7) is 20.5. The highest BCUT2D eigenvalue weighted by Gasteiger charge is 2.16. The lowest BCUT2D eigenvalue weighted by molar-refractivity contribution is 1.24. The molecule has 0 saturated carbocycles. The molecule has 5 rings (SSSR count). The van der Waals surface area contributed by atoms with Gasteiger partial charge in [-0.3, -0.25) is 0 Å². The molecule has 5 aromatic carbocycles. The van der Waals surface area contributed by atoms with Crippen molar-refractivity contribution in [2.45, 2.75) is 69.2 Å². The maximum atomic E-state index is 2.33. The van der Waals surface area contributed by atoms with Gasteiger partial charge in [0.25, 0.3) is 0 Å². The van der Waals surface area contributed by atoms with Gasteiger partial charge in [0, 0.05) is 34.1 Å². The minimum Gasteiger partial charge on any atom is -0.311 e. The minimum atomic E-state index is 1.12. The lowest BCUT2D eigenvalue weighted by atomic mass is 10.1. The lowest BCUT2D eigenvalue weighted by Gasteiger charge is -2.28. The molecule has 0 aliphatic carbocycles. The number of hydrogen-bond donors (Lipinski definition) is 0. The number of rotatable bonds is 6. The quantitative estimate of drug-likeness (QED) is 0.204. The van der Waals surface area contributed by atoms with E-state index < -0.39 is 0 Å². The molecule has 0 aliphatic rings. The molecule has 0 fully saturated rings. The summed E-state index contributed by atoms with van der Waals surface area (Å²) in [6, 6.07) is 43.7. The van der Waals surface area contributed by atoms with Crippen molar-refractivity contribution in [2.24, 2.45) is 0 Å². The first-order valence-corrected chi connectivity index (χ1v) is 15.4.